The van der Waals surface area contributed by atoms with Crippen LogP contribution < -0.4 is 14.9 Å². The molecule has 1 heterocycles. The predicted octanol–water partition coefficient (Wildman–Crippen LogP) is 0.796. The summed E-state index contributed by atoms with van der Waals surface area (Å²) in [5.41, 5.74) is -0.177. The summed E-state index contributed by atoms with van der Waals surface area (Å²) in [5, 5.41) is 0.0352. The Morgan fingerprint density at radius 2 is 1.19 bits per heavy atom. The third-order valence-corrected chi connectivity index (χ3v) is 7.35. The van der Waals surface area contributed by atoms with Gasteiger partial charge in [-0.25, -0.2) is 26.3 Å². The van der Waals surface area contributed by atoms with E-state index in [0.29, 0.717) is 0 Å². The van der Waals surface area contributed by atoms with Gasteiger partial charge in [-0.1, -0.05) is 0 Å². The van der Waals surface area contributed by atoms with Crippen molar-refractivity contribution in [1.82, 2.24) is 9.44 Å². The first-order valence-electron chi connectivity index (χ1n) is 9.17. The summed E-state index contributed by atoms with van der Waals surface area (Å²) in [4.78, 5) is 12.8. The predicted molar refractivity (Wildman–Crippen MR) is 114 cm³/mol. The van der Waals surface area contributed by atoms with Gasteiger partial charge in [0.15, 0.2) is 0 Å². The molecule has 0 amide bonds. The van der Waals surface area contributed by atoms with Crippen LogP contribution in [0.25, 0.3) is 21.9 Å². The van der Waals surface area contributed by atoms with Crippen LogP contribution in [0.15, 0.2) is 55.4 Å². The van der Waals surface area contributed by atoms with Gasteiger partial charge in [-0.15, -0.1) is 0 Å². The summed E-state index contributed by atoms with van der Waals surface area (Å²) in [7, 11) is -4.84. The molecular formula is C19H22N2O8S2. The molecular weight excluding hydrogens is 448 g/mol. The van der Waals surface area contributed by atoms with E-state index in [4.69, 9.17) is 13.9 Å². The maximum absolute atomic E-state index is 13.0. The van der Waals surface area contributed by atoms with Crippen LogP contribution in [-0.4, -0.2) is 57.4 Å². The fourth-order valence-corrected chi connectivity index (χ4v) is 4.95. The zero-order chi connectivity index (χ0) is 22.6. The van der Waals surface area contributed by atoms with E-state index in [9.17, 15) is 21.6 Å². The standard InChI is InChI=1S/C19H22N2O8S2/c1-27-9-7-20-30(23,24)13-3-5-17-15(11-13)19(22)16-12-14(4-6-18(16)29-17)31(25,26)21-8-10-28-2/h3-6,11-12,20-21H,7-10H2,1-2H3. The smallest absolute Gasteiger partial charge is 0.240 e. The van der Waals surface area contributed by atoms with Crippen molar-refractivity contribution < 1.29 is 30.7 Å². The van der Waals surface area contributed by atoms with Crippen LogP contribution in [0.1, 0.15) is 0 Å². The van der Waals surface area contributed by atoms with E-state index in [1.54, 1.807) is 0 Å². The second-order valence-corrected chi connectivity index (χ2v) is 10.1. The van der Waals surface area contributed by atoms with E-state index in [1.165, 1.54) is 50.6 Å². The molecule has 3 aromatic rings. The molecule has 0 atom stereocenters. The lowest BCUT2D eigenvalue weighted by atomic mass is 10.1. The van der Waals surface area contributed by atoms with Crippen molar-refractivity contribution in [1.29, 1.82) is 0 Å². The van der Waals surface area contributed by atoms with E-state index in [-0.39, 0.29) is 58.0 Å². The summed E-state index contributed by atoms with van der Waals surface area (Å²) in [6, 6.07) is 7.83. The molecule has 3 rings (SSSR count). The average molecular weight is 471 g/mol. The molecule has 10 nitrogen and oxygen atoms in total. The van der Waals surface area contributed by atoms with Gasteiger partial charge in [-0.05, 0) is 36.4 Å². The second-order valence-electron chi connectivity index (χ2n) is 6.53. The Bertz CT molecular complexity index is 1260. The zero-order valence-electron chi connectivity index (χ0n) is 16.9. The van der Waals surface area contributed by atoms with E-state index >= 15 is 0 Å². The number of ether oxygens (including phenoxy) is 2. The Balaban J connectivity index is 2.07. The topological polar surface area (TPSA) is 141 Å². The van der Waals surface area contributed by atoms with Crippen molar-refractivity contribution in [2.75, 3.05) is 40.5 Å². The first kappa shape index (κ1) is 23.3. The van der Waals surface area contributed by atoms with Crippen LogP contribution in [0, 0.1) is 0 Å². The lowest BCUT2D eigenvalue weighted by molar-refractivity contribution is 0.204. The van der Waals surface area contributed by atoms with Crippen molar-refractivity contribution in [2.45, 2.75) is 9.79 Å². The number of nitrogens with one attached hydrogen (secondary N) is 2. The highest BCUT2D eigenvalue weighted by Crippen LogP contribution is 2.23. The monoisotopic (exact) mass is 470 g/mol. The maximum atomic E-state index is 13.0. The van der Waals surface area contributed by atoms with Crippen molar-refractivity contribution in [2.24, 2.45) is 0 Å². The van der Waals surface area contributed by atoms with Gasteiger partial charge in [-0.3, -0.25) is 4.79 Å². The number of hydrogen-bond donors (Lipinski definition) is 2. The molecule has 2 aromatic carbocycles. The van der Waals surface area contributed by atoms with Crippen molar-refractivity contribution in [3.63, 3.8) is 0 Å². The van der Waals surface area contributed by atoms with E-state index < -0.39 is 25.5 Å². The van der Waals surface area contributed by atoms with Crippen molar-refractivity contribution >= 4 is 42.0 Å². The molecule has 0 saturated carbocycles. The molecule has 12 heteroatoms. The van der Waals surface area contributed by atoms with Crippen molar-refractivity contribution in [3.05, 3.63) is 46.6 Å². The van der Waals surface area contributed by atoms with Gasteiger partial charge in [0.05, 0.1) is 33.8 Å². The normalized spacial score (nSPS) is 12.6. The minimum absolute atomic E-state index is 0.0176. The summed E-state index contributed by atoms with van der Waals surface area (Å²) in [6.07, 6.45) is 0. The SMILES string of the molecule is COCCNS(=O)(=O)c1ccc2oc3ccc(S(=O)(=O)NCCOC)cc3c(=O)c2c1. The van der Waals surface area contributed by atoms with Crippen LogP contribution in [0.5, 0.6) is 0 Å². The Kier molecular flexibility index (Phi) is 7.09. The van der Waals surface area contributed by atoms with Crippen LogP contribution in [0.3, 0.4) is 0 Å². The first-order valence-corrected chi connectivity index (χ1v) is 12.1. The highest BCUT2D eigenvalue weighted by Gasteiger charge is 2.19. The number of rotatable bonds is 10. The highest BCUT2D eigenvalue weighted by molar-refractivity contribution is 7.89. The summed E-state index contributed by atoms with van der Waals surface area (Å²) >= 11 is 0. The third-order valence-electron chi connectivity index (χ3n) is 4.43. The minimum Gasteiger partial charge on any atom is -0.456 e. The number of sulfonamides is 2. The van der Waals surface area contributed by atoms with Gasteiger partial charge in [0, 0.05) is 27.3 Å². The number of fused-ring (bicyclic) bond motifs is 2. The first-order chi connectivity index (χ1) is 14.7. The lowest BCUT2D eigenvalue weighted by Crippen LogP contribution is -2.27. The molecule has 0 aliphatic rings. The van der Waals surface area contributed by atoms with Gasteiger partial charge >= 0.3 is 0 Å². The number of hydrogen-bond acceptors (Lipinski definition) is 8. The van der Waals surface area contributed by atoms with Gasteiger partial charge in [0.2, 0.25) is 25.5 Å². The van der Waals surface area contributed by atoms with Crippen LogP contribution in [0.2, 0.25) is 0 Å². The minimum atomic E-state index is -3.87. The Morgan fingerprint density at radius 3 is 1.58 bits per heavy atom. The zero-order valence-corrected chi connectivity index (χ0v) is 18.5. The van der Waals surface area contributed by atoms with Crippen LogP contribution in [0.4, 0.5) is 0 Å². The molecule has 31 heavy (non-hydrogen) atoms. The Morgan fingerprint density at radius 1 is 0.774 bits per heavy atom. The fraction of sp³-hybridized carbons (Fsp3) is 0.316. The van der Waals surface area contributed by atoms with Crippen molar-refractivity contribution in [3.8, 4) is 0 Å². The number of methoxy groups -OCH3 is 2. The second kappa shape index (κ2) is 9.42. The molecule has 0 bridgehead atoms. The molecule has 0 aliphatic heterocycles. The van der Waals surface area contributed by atoms with Gasteiger partial charge in [0.1, 0.15) is 11.2 Å². The molecule has 0 saturated heterocycles. The Labute approximate surface area is 179 Å². The highest BCUT2D eigenvalue weighted by atomic mass is 32.2. The summed E-state index contributed by atoms with van der Waals surface area (Å²) < 4.78 is 69.8. The van der Waals surface area contributed by atoms with Crippen LogP contribution in [-0.2, 0) is 29.5 Å². The maximum Gasteiger partial charge on any atom is 0.240 e. The van der Waals surface area contributed by atoms with E-state index in [2.05, 4.69) is 9.44 Å². The Hall–Kier alpha value is -2.35. The summed E-state index contributed by atoms with van der Waals surface area (Å²) in [6.45, 7) is 0.519. The molecule has 0 aliphatic carbocycles. The molecule has 0 fully saturated rings. The van der Waals surface area contributed by atoms with Crippen LogP contribution >= 0.6 is 0 Å². The number of benzene rings is 2. The molecule has 1 aromatic heterocycles. The molecule has 168 valence electrons. The molecule has 0 radical (unpaired) electrons. The van der Waals surface area contributed by atoms with Gasteiger partial charge in [-0.2, -0.15) is 0 Å². The van der Waals surface area contributed by atoms with Gasteiger partial charge in [0.25, 0.3) is 0 Å². The fourth-order valence-electron chi connectivity index (χ4n) is 2.87. The van der Waals surface area contributed by atoms with E-state index in [0.717, 1.165) is 0 Å². The lowest BCUT2D eigenvalue weighted by Gasteiger charge is -2.09. The molecule has 0 unspecified atom stereocenters. The summed E-state index contributed by atoms with van der Waals surface area (Å²) in [5.74, 6) is 0. The van der Waals surface area contributed by atoms with Gasteiger partial charge < -0.3 is 13.9 Å². The average Bonchev–Trinajstić information content (AvgIpc) is 2.73. The van der Waals surface area contributed by atoms with E-state index in [1.807, 2.05) is 0 Å². The third kappa shape index (κ3) is 5.11. The molecule has 0 spiro atoms. The quantitative estimate of drug-likeness (QED) is 0.327. The molecule has 2 N–H and O–H groups in total. The largest absolute Gasteiger partial charge is 0.456 e.